The molecule has 0 aliphatic carbocycles. The molecule has 5 nitrogen and oxygen atoms in total. The first kappa shape index (κ1) is 12.2. The second-order valence-electron chi connectivity index (χ2n) is 3.22. The van der Waals surface area contributed by atoms with Gasteiger partial charge in [0.2, 0.25) is 0 Å². The number of rotatable bonds is 3. The van der Waals surface area contributed by atoms with Gasteiger partial charge in [-0.15, -0.1) is 0 Å². The summed E-state index contributed by atoms with van der Waals surface area (Å²) in [6, 6.07) is 4.81. The Morgan fingerprint density at radius 1 is 1.28 bits per heavy atom. The number of carboxylic acid groups (broad SMARTS) is 1. The van der Waals surface area contributed by atoms with Gasteiger partial charge in [0.1, 0.15) is 22.0 Å². The van der Waals surface area contributed by atoms with E-state index in [1.807, 2.05) is 0 Å². The molecule has 0 radical (unpaired) electrons. The Kier molecular flexibility index (Phi) is 3.33. The second kappa shape index (κ2) is 4.92. The van der Waals surface area contributed by atoms with Crippen LogP contribution in [0.5, 0.6) is 5.75 Å². The smallest absolute Gasteiger partial charge is 0.356 e. The predicted octanol–water partition coefficient (Wildman–Crippen LogP) is 2.20. The van der Waals surface area contributed by atoms with Gasteiger partial charge in [-0.3, -0.25) is 0 Å². The van der Waals surface area contributed by atoms with E-state index in [0.717, 1.165) is 29.9 Å². The Morgan fingerprint density at radius 3 is 2.56 bits per heavy atom. The lowest BCUT2D eigenvalue weighted by Gasteiger charge is -2.02. The van der Waals surface area contributed by atoms with Crippen LogP contribution in [-0.2, 0) is 0 Å². The van der Waals surface area contributed by atoms with Crippen LogP contribution >= 0.6 is 11.5 Å². The Bertz CT molecular complexity index is 593. The average molecular weight is 267 g/mol. The number of carbonyl (C=O) groups is 2. The highest BCUT2D eigenvalue weighted by molar-refractivity contribution is 7.08. The van der Waals surface area contributed by atoms with Gasteiger partial charge in [-0.25, -0.2) is 14.0 Å². The van der Waals surface area contributed by atoms with Gasteiger partial charge in [-0.2, -0.15) is 4.37 Å². The average Bonchev–Trinajstić information content (AvgIpc) is 2.81. The molecule has 0 amide bonds. The Hall–Kier alpha value is -2.28. The quantitative estimate of drug-likeness (QED) is 0.681. The van der Waals surface area contributed by atoms with E-state index in [1.165, 1.54) is 12.1 Å². The van der Waals surface area contributed by atoms with Gasteiger partial charge >= 0.3 is 11.9 Å². The van der Waals surface area contributed by atoms with Gasteiger partial charge < -0.3 is 9.84 Å². The predicted molar refractivity (Wildman–Crippen MR) is 60.4 cm³/mol. The Balaban J connectivity index is 2.19. The van der Waals surface area contributed by atoms with Crippen molar-refractivity contribution < 1.29 is 23.8 Å². The summed E-state index contributed by atoms with van der Waals surface area (Å²) in [5.41, 5.74) is -0.216. The molecule has 0 saturated heterocycles. The molecule has 1 heterocycles. The van der Waals surface area contributed by atoms with Gasteiger partial charge in [0.05, 0.1) is 6.20 Å². The third kappa shape index (κ3) is 2.51. The number of ether oxygens (including phenoxy) is 1. The molecule has 1 aromatic carbocycles. The van der Waals surface area contributed by atoms with Crippen molar-refractivity contribution in [2.24, 2.45) is 0 Å². The zero-order valence-electron chi connectivity index (χ0n) is 8.79. The topological polar surface area (TPSA) is 76.5 Å². The van der Waals surface area contributed by atoms with Crippen LogP contribution in [0.15, 0.2) is 30.5 Å². The first-order valence-electron chi connectivity index (χ1n) is 4.73. The number of esters is 1. The summed E-state index contributed by atoms with van der Waals surface area (Å²) in [5, 5.41) is 8.82. The molecule has 2 rings (SSSR count). The van der Waals surface area contributed by atoms with Crippen LogP contribution in [0.4, 0.5) is 4.39 Å². The van der Waals surface area contributed by atoms with Gasteiger partial charge in [0.15, 0.2) is 0 Å². The maximum absolute atomic E-state index is 12.6. The van der Waals surface area contributed by atoms with Gasteiger partial charge in [0, 0.05) is 0 Å². The summed E-state index contributed by atoms with van der Waals surface area (Å²) in [6.45, 7) is 0. The van der Waals surface area contributed by atoms with E-state index in [1.54, 1.807) is 0 Å². The number of aromatic nitrogens is 1. The van der Waals surface area contributed by atoms with Gasteiger partial charge in [-0.1, -0.05) is 0 Å². The van der Waals surface area contributed by atoms with Crippen LogP contribution in [0.1, 0.15) is 20.0 Å². The van der Waals surface area contributed by atoms with E-state index < -0.39 is 17.8 Å². The highest BCUT2D eigenvalue weighted by Gasteiger charge is 2.21. The van der Waals surface area contributed by atoms with E-state index in [-0.39, 0.29) is 16.2 Å². The van der Waals surface area contributed by atoms with Crippen LogP contribution in [0, 0.1) is 5.82 Å². The molecule has 92 valence electrons. The first-order valence-corrected chi connectivity index (χ1v) is 5.51. The summed E-state index contributed by atoms with van der Waals surface area (Å²) in [4.78, 5) is 22.4. The van der Waals surface area contributed by atoms with Crippen LogP contribution < -0.4 is 4.74 Å². The maximum Gasteiger partial charge on any atom is 0.356 e. The SMILES string of the molecule is O=C(O)c1cnsc1C(=O)Oc1ccc(F)cc1. The van der Waals surface area contributed by atoms with Crippen LogP contribution in [0.3, 0.4) is 0 Å². The standard InChI is InChI=1S/C11H6FNO4S/c12-6-1-3-7(4-2-6)17-11(16)9-8(10(14)15)5-13-18-9/h1-5H,(H,14,15). The minimum Gasteiger partial charge on any atom is -0.478 e. The van der Waals surface area contributed by atoms with Crippen LogP contribution in [0.25, 0.3) is 0 Å². The first-order chi connectivity index (χ1) is 8.58. The number of halogens is 1. The highest BCUT2D eigenvalue weighted by atomic mass is 32.1. The van der Waals surface area contributed by atoms with Crippen molar-refractivity contribution in [3.8, 4) is 5.75 Å². The molecule has 0 saturated carbocycles. The molecule has 0 bridgehead atoms. The van der Waals surface area contributed by atoms with Crippen molar-refractivity contribution in [1.82, 2.24) is 4.37 Å². The molecule has 0 spiro atoms. The van der Waals surface area contributed by atoms with Crippen molar-refractivity contribution in [1.29, 1.82) is 0 Å². The van der Waals surface area contributed by atoms with Crippen LogP contribution in [-0.4, -0.2) is 21.4 Å². The summed E-state index contributed by atoms with van der Waals surface area (Å²) < 4.78 is 21.2. The number of nitrogens with zero attached hydrogens (tertiary/aromatic N) is 1. The number of hydrogen-bond donors (Lipinski definition) is 1. The largest absolute Gasteiger partial charge is 0.478 e. The minimum absolute atomic E-state index is 0.105. The lowest BCUT2D eigenvalue weighted by atomic mass is 10.3. The molecule has 1 N–H and O–H groups in total. The number of carboxylic acids is 1. The second-order valence-corrected chi connectivity index (χ2v) is 4.02. The molecule has 1 aromatic heterocycles. The molecule has 2 aromatic rings. The lowest BCUT2D eigenvalue weighted by Crippen LogP contribution is -2.11. The summed E-state index contributed by atoms with van der Waals surface area (Å²) in [7, 11) is 0. The Labute approximate surface area is 105 Å². The maximum atomic E-state index is 12.6. The summed E-state index contributed by atoms with van der Waals surface area (Å²) in [6.07, 6.45) is 1.08. The molecule has 7 heteroatoms. The molecule has 0 aliphatic rings. The third-order valence-corrected chi connectivity index (χ3v) is 2.79. The zero-order valence-corrected chi connectivity index (χ0v) is 9.61. The number of hydrogen-bond acceptors (Lipinski definition) is 5. The van der Waals surface area contributed by atoms with Gasteiger partial charge in [-0.05, 0) is 35.8 Å². The minimum atomic E-state index is -1.25. The number of benzene rings is 1. The molecule has 0 aliphatic heterocycles. The lowest BCUT2D eigenvalue weighted by molar-refractivity contribution is 0.0671. The molecular weight excluding hydrogens is 261 g/mol. The fourth-order valence-corrected chi connectivity index (χ4v) is 1.81. The normalized spacial score (nSPS) is 10.1. The van der Waals surface area contributed by atoms with E-state index in [0.29, 0.717) is 0 Å². The zero-order chi connectivity index (χ0) is 13.1. The molecule has 0 fully saturated rings. The molecule has 18 heavy (non-hydrogen) atoms. The molecular formula is C11H6FNO4S. The monoisotopic (exact) mass is 267 g/mol. The highest BCUT2D eigenvalue weighted by Crippen LogP contribution is 2.18. The fraction of sp³-hybridized carbons (Fsp3) is 0. The Morgan fingerprint density at radius 2 is 1.94 bits per heavy atom. The van der Waals surface area contributed by atoms with Crippen molar-refractivity contribution in [3.05, 3.63) is 46.7 Å². The van der Waals surface area contributed by atoms with Crippen LogP contribution in [0.2, 0.25) is 0 Å². The number of carbonyl (C=O) groups excluding carboxylic acids is 1. The van der Waals surface area contributed by atoms with E-state index in [9.17, 15) is 14.0 Å². The van der Waals surface area contributed by atoms with E-state index >= 15 is 0 Å². The summed E-state index contributed by atoms with van der Waals surface area (Å²) >= 11 is 0.729. The van der Waals surface area contributed by atoms with Crippen molar-refractivity contribution in [3.63, 3.8) is 0 Å². The van der Waals surface area contributed by atoms with Crippen molar-refractivity contribution >= 4 is 23.5 Å². The number of aromatic carboxylic acids is 1. The van der Waals surface area contributed by atoms with E-state index in [2.05, 4.69) is 4.37 Å². The van der Waals surface area contributed by atoms with Crippen molar-refractivity contribution in [2.45, 2.75) is 0 Å². The van der Waals surface area contributed by atoms with Gasteiger partial charge in [0.25, 0.3) is 0 Å². The van der Waals surface area contributed by atoms with Crippen molar-refractivity contribution in [2.75, 3.05) is 0 Å². The fourth-order valence-electron chi connectivity index (χ4n) is 1.20. The summed E-state index contributed by atoms with van der Waals surface area (Å²) in [5.74, 6) is -2.42. The molecule has 0 atom stereocenters. The van der Waals surface area contributed by atoms with E-state index in [4.69, 9.17) is 9.84 Å². The third-order valence-electron chi connectivity index (χ3n) is 2.01. The molecule has 0 unspecified atom stereocenters.